The summed E-state index contributed by atoms with van der Waals surface area (Å²) in [6.45, 7) is 0.832. The fourth-order valence-electron chi connectivity index (χ4n) is 1.89. The van der Waals surface area contributed by atoms with Crippen LogP contribution < -0.4 is 22.1 Å². The second-order valence-electron chi connectivity index (χ2n) is 4.58. The van der Waals surface area contributed by atoms with Gasteiger partial charge in [-0.15, -0.1) is 11.3 Å². The molecule has 0 aromatic carbocycles. The Morgan fingerprint density at radius 2 is 1.94 bits per heavy atom. The van der Waals surface area contributed by atoms with Crippen LogP contribution in [0.5, 0.6) is 0 Å². The van der Waals surface area contributed by atoms with Crippen LogP contribution in [0.2, 0.25) is 0 Å². The fraction of sp³-hybridized carbons (Fsp3) is 0.455. The Morgan fingerprint density at radius 1 is 1.33 bits per heavy atom. The second-order valence-corrected chi connectivity index (χ2v) is 5.58. The largest absolute Gasteiger partial charge is 0.397 e. The molecule has 0 saturated heterocycles. The molecule has 0 aliphatic heterocycles. The first kappa shape index (κ1) is 12.7. The van der Waals surface area contributed by atoms with E-state index in [-0.39, 0.29) is 16.1 Å². The molecule has 6 nitrogen and oxygen atoms in total. The molecule has 0 atom stereocenters. The number of nitrogens with zero attached hydrogens (tertiary/aromatic N) is 1. The van der Waals surface area contributed by atoms with E-state index >= 15 is 0 Å². The van der Waals surface area contributed by atoms with Gasteiger partial charge in [0.1, 0.15) is 9.88 Å². The summed E-state index contributed by atoms with van der Waals surface area (Å²) in [4.78, 5) is 24.8. The summed E-state index contributed by atoms with van der Waals surface area (Å²) in [6, 6.07) is 0. The van der Waals surface area contributed by atoms with Crippen LogP contribution >= 0.6 is 11.3 Å². The van der Waals surface area contributed by atoms with Gasteiger partial charge in [0.15, 0.2) is 0 Å². The maximum absolute atomic E-state index is 11.5. The van der Waals surface area contributed by atoms with Gasteiger partial charge >= 0.3 is 0 Å². The van der Waals surface area contributed by atoms with Crippen LogP contribution in [0.4, 0.5) is 10.7 Å². The summed E-state index contributed by atoms with van der Waals surface area (Å²) in [5.41, 5.74) is 16.6. The summed E-state index contributed by atoms with van der Waals surface area (Å²) in [5, 5.41) is 0.626. The number of primary amides is 2. The highest BCUT2D eigenvalue weighted by molar-refractivity contribution is 7.19. The normalized spacial score (nSPS) is 14.5. The van der Waals surface area contributed by atoms with Crippen LogP contribution in [0, 0.1) is 5.92 Å². The topological polar surface area (TPSA) is 115 Å². The van der Waals surface area contributed by atoms with Gasteiger partial charge < -0.3 is 22.1 Å². The number of hydrogen-bond acceptors (Lipinski definition) is 5. The number of amides is 2. The van der Waals surface area contributed by atoms with Crippen molar-refractivity contribution in [2.75, 3.05) is 24.2 Å². The maximum atomic E-state index is 11.5. The average molecular weight is 268 g/mol. The summed E-state index contributed by atoms with van der Waals surface area (Å²) in [5.74, 6) is -0.615. The van der Waals surface area contributed by atoms with Crippen molar-refractivity contribution < 1.29 is 9.59 Å². The quantitative estimate of drug-likeness (QED) is 0.715. The number of carbonyl (C=O) groups excluding carboxylic acids is 2. The van der Waals surface area contributed by atoms with Crippen molar-refractivity contribution in [1.29, 1.82) is 0 Å². The molecule has 0 radical (unpaired) electrons. The predicted molar refractivity (Wildman–Crippen MR) is 71.8 cm³/mol. The third kappa shape index (κ3) is 2.26. The van der Waals surface area contributed by atoms with Crippen molar-refractivity contribution in [2.45, 2.75) is 12.8 Å². The average Bonchev–Trinajstić information content (AvgIpc) is 2.98. The van der Waals surface area contributed by atoms with E-state index in [0.717, 1.165) is 17.9 Å². The van der Waals surface area contributed by atoms with Gasteiger partial charge in [-0.25, -0.2) is 0 Å². The van der Waals surface area contributed by atoms with Gasteiger partial charge in [-0.2, -0.15) is 0 Å². The van der Waals surface area contributed by atoms with E-state index in [0.29, 0.717) is 10.9 Å². The second kappa shape index (κ2) is 4.49. The van der Waals surface area contributed by atoms with Crippen LogP contribution in [0.3, 0.4) is 0 Å². The lowest BCUT2D eigenvalue weighted by Crippen LogP contribution is -2.23. The van der Waals surface area contributed by atoms with Crippen molar-refractivity contribution in [1.82, 2.24) is 0 Å². The Labute approximate surface area is 109 Å². The Hall–Kier alpha value is -1.76. The van der Waals surface area contributed by atoms with Gasteiger partial charge in [0.25, 0.3) is 11.8 Å². The molecule has 1 fully saturated rings. The minimum atomic E-state index is -0.633. The standard InChI is InChI=1S/C11H16N4O2S/c1-15(4-5-2-3-5)11-6(9(13)16)7(12)8(18-11)10(14)17/h5H,2-4,12H2,1H3,(H2,13,16)(H2,14,17). The van der Waals surface area contributed by atoms with Crippen molar-refractivity contribution in [2.24, 2.45) is 17.4 Å². The van der Waals surface area contributed by atoms with Crippen LogP contribution in [0.1, 0.15) is 32.9 Å². The SMILES string of the molecule is CN(CC1CC1)c1sc(C(N)=O)c(N)c1C(N)=O. The van der Waals surface area contributed by atoms with E-state index in [2.05, 4.69) is 0 Å². The highest BCUT2D eigenvalue weighted by atomic mass is 32.1. The van der Waals surface area contributed by atoms with E-state index in [1.165, 1.54) is 12.8 Å². The van der Waals surface area contributed by atoms with Crippen LogP contribution in [0.25, 0.3) is 0 Å². The number of anilines is 2. The molecular formula is C11H16N4O2S. The van der Waals surface area contributed by atoms with Gasteiger partial charge in [-0.3, -0.25) is 9.59 Å². The molecular weight excluding hydrogens is 252 g/mol. The third-order valence-corrected chi connectivity index (χ3v) is 4.31. The molecule has 98 valence electrons. The number of nitrogens with two attached hydrogens (primary N) is 3. The van der Waals surface area contributed by atoms with Gasteiger partial charge in [0.2, 0.25) is 0 Å². The number of carbonyl (C=O) groups is 2. The molecule has 2 amide bonds. The van der Waals surface area contributed by atoms with Crippen molar-refractivity contribution >= 4 is 33.8 Å². The zero-order valence-electron chi connectivity index (χ0n) is 10.1. The number of hydrogen-bond donors (Lipinski definition) is 3. The van der Waals surface area contributed by atoms with Gasteiger partial charge in [0, 0.05) is 13.6 Å². The molecule has 18 heavy (non-hydrogen) atoms. The molecule has 0 spiro atoms. The minimum Gasteiger partial charge on any atom is -0.397 e. The lowest BCUT2D eigenvalue weighted by atomic mass is 10.2. The Balaban J connectivity index is 2.40. The van der Waals surface area contributed by atoms with E-state index in [9.17, 15) is 9.59 Å². The molecule has 0 bridgehead atoms. The molecule has 1 aromatic heterocycles. The highest BCUT2D eigenvalue weighted by Gasteiger charge is 2.28. The number of nitrogen functional groups attached to an aromatic ring is 1. The maximum Gasteiger partial charge on any atom is 0.260 e. The molecule has 0 unspecified atom stereocenters. The highest BCUT2D eigenvalue weighted by Crippen LogP contribution is 2.39. The molecule has 1 heterocycles. The van der Waals surface area contributed by atoms with E-state index in [1.54, 1.807) is 0 Å². The van der Waals surface area contributed by atoms with Gasteiger partial charge in [0.05, 0.1) is 11.3 Å². The molecule has 6 N–H and O–H groups in total. The van der Waals surface area contributed by atoms with Gasteiger partial charge in [-0.05, 0) is 18.8 Å². The number of thiophene rings is 1. The summed E-state index contributed by atoms with van der Waals surface area (Å²) < 4.78 is 0. The molecule has 1 aliphatic rings. The third-order valence-electron chi connectivity index (χ3n) is 2.97. The first-order valence-corrected chi connectivity index (χ1v) is 6.46. The molecule has 1 aliphatic carbocycles. The first-order valence-electron chi connectivity index (χ1n) is 5.64. The monoisotopic (exact) mass is 268 g/mol. The van der Waals surface area contributed by atoms with Crippen molar-refractivity contribution in [3.8, 4) is 0 Å². The number of rotatable bonds is 5. The first-order chi connectivity index (χ1) is 8.41. The minimum absolute atomic E-state index is 0.0950. The van der Waals surface area contributed by atoms with Crippen LogP contribution in [0.15, 0.2) is 0 Å². The summed E-state index contributed by atoms with van der Waals surface area (Å²) in [6.07, 6.45) is 2.39. The van der Waals surface area contributed by atoms with E-state index in [1.807, 2.05) is 11.9 Å². The smallest absolute Gasteiger partial charge is 0.260 e. The molecule has 1 saturated carbocycles. The van der Waals surface area contributed by atoms with E-state index < -0.39 is 11.8 Å². The summed E-state index contributed by atoms with van der Waals surface area (Å²) in [7, 11) is 1.86. The van der Waals surface area contributed by atoms with Crippen molar-refractivity contribution in [3.63, 3.8) is 0 Å². The lowest BCUT2D eigenvalue weighted by Gasteiger charge is -2.17. The lowest BCUT2D eigenvalue weighted by molar-refractivity contribution is 0.0999. The van der Waals surface area contributed by atoms with Crippen LogP contribution in [-0.2, 0) is 0 Å². The van der Waals surface area contributed by atoms with Crippen LogP contribution in [-0.4, -0.2) is 25.4 Å². The van der Waals surface area contributed by atoms with Gasteiger partial charge in [-0.1, -0.05) is 0 Å². The fourth-order valence-corrected chi connectivity index (χ4v) is 2.94. The summed E-state index contributed by atoms with van der Waals surface area (Å²) >= 11 is 1.13. The predicted octanol–water partition coefficient (Wildman–Crippen LogP) is 0.374. The molecule has 1 aromatic rings. The van der Waals surface area contributed by atoms with Crippen molar-refractivity contribution in [3.05, 3.63) is 10.4 Å². The zero-order valence-corrected chi connectivity index (χ0v) is 10.9. The molecule has 2 rings (SSSR count). The Kier molecular flexibility index (Phi) is 3.16. The Bertz CT molecular complexity index is 507. The zero-order chi connectivity index (χ0) is 13.4. The van der Waals surface area contributed by atoms with E-state index in [4.69, 9.17) is 17.2 Å². The molecule has 7 heteroatoms. The Morgan fingerprint density at radius 3 is 2.39 bits per heavy atom.